The van der Waals surface area contributed by atoms with Crippen molar-refractivity contribution in [2.24, 2.45) is 0 Å². The van der Waals surface area contributed by atoms with Crippen LogP contribution in [0.5, 0.6) is 0 Å². The Labute approximate surface area is 129 Å². The zero-order valence-corrected chi connectivity index (χ0v) is 12.4. The number of halogens is 2. The first kappa shape index (κ1) is 13.7. The molecule has 3 rings (SSSR count). The Bertz CT molecular complexity index is 799. The zero-order chi connectivity index (χ0) is 14.8. The normalized spacial score (nSPS) is 10.6. The molecule has 1 heterocycles. The lowest BCUT2D eigenvalue weighted by Gasteiger charge is -2.01. The van der Waals surface area contributed by atoms with E-state index >= 15 is 0 Å². The van der Waals surface area contributed by atoms with Crippen LogP contribution in [0, 0.1) is 5.82 Å². The summed E-state index contributed by atoms with van der Waals surface area (Å²) < 4.78 is 16.0. The van der Waals surface area contributed by atoms with E-state index in [1.165, 1.54) is 18.3 Å². The van der Waals surface area contributed by atoms with E-state index in [1.54, 1.807) is 16.9 Å². The predicted molar refractivity (Wildman–Crippen MR) is 81.1 cm³/mol. The molecular weight excluding hydrogens is 335 g/mol. The van der Waals surface area contributed by atoms with Crippen LogP contribution in [0.25, 0.3) is 5.69 Å². The fraction of sp³-hybridized carbons (Fsp3) is 0. The molecule has 0 radical (unpaired) electrons. The van der Waals surface area contributed by atoms with Gasteiger partial charge in [-0.05, 0) is 30.3 Å². The smallest absolute Gasteiger partial charge is 0.199 e. The van der Waals surface area contributed by atoms with Gasteiger partial charge in [0.25, 0.3) is 0 Å². The monoisotopic (exact) mass is 344 g/mol. The van der Waals surface area contributed by atoms with Gasteiger partial charge in [0.1, 0.15) is 5.82 Å². The first-order chi connectivity index (χ1) is 10.1. The molecule has 5 heteroatoms. The summed E-state index contributed by atoms with van der Waals surface area (Å²) in [5.74, 6) is -0.938. The van der Waals surface area contributed by atoms with Crippen LogP contribution in [0.2, 0.25) is 0 Å². The Morgan fingerprint density at radius 3 is 2.67 bits per heavy atom. The number of carbonyl (C=O) groups excluding carboxylic acids is 1. The van der Waals surface area contributed by atoms with Crippen molar-refractivity contribution < 1.29 is 9.18 Å². The first-order valence-corrected chi connectivity index (χ1v) is 7.04. The van der Waals surface area contributed by atoms with Gasteiger partial charge in [-0.25, -0.2) is 9.07 Å². The zero-order valence-electron chi connectivity index (χ0n) is 10.8. The molecule has 3 aromatic rings. The molecular formula is C16H10BrFN2O. The van der Waals surface area contributed by atoms with Crippen LogP contribution in [0.3, 0.4) is 0 Å². The fourth-order valence-electron chi connectivity index (χ4n) is 1.99. The highest BCUT2D eigenvalue weighted by Gasteiger charge is 2.16. The molecule has 0 saturated carbocycles. The fourth-order valence-corrected chi connectivity index (χ4v) is 2.35. The molecule has 0 aliphatic rings. The second-order valence-corrected chi connectivity index (χ2v) is 5.38. The molecule has 0 amide bonds. The summed E-state index contributed by atoms with van der Waals surface area (Å²) in [6.45, 7) is 0. The number of carbonyl (C=O) groups is 1. The largest absolute Gasteiger partial charge is 0.288 e. The van der Waals surface area contributed by atoms with E-state index in [-0.39, 0.29) is 5.56 Å². The number of aromatic nitrogens is 2. The van der Waals surface area contributed by atoms with E-state index in [0.29, 0.717) is 10.0 Å². The van der Waals surface area contributed by atoms with Crippen molar-refractivity contribution in [2.75, 3.05) is 0 Å². The van der Waals surface area contributed by atoms with Crippen molar-refractivity contribution >= 4 is 21.7 Å². The molecule has 0 bridgehead atoms. The molecule has 0 spiro atoms. The quantitative estimate of drug-likeness (QED) is 0.673. The molecule has 0 fully saturated rings. The summed E-state index contributed by atoms with van der Waals surface area (Å²) in [7, 11) is 0. The maximum atomic E-state index is 13.8. The van der Waals surface area contributed by atoms with Gasteiger partial charge in [-0.15, -0.1) is 0 Å². The van der Waals surface area contributed by atoms with Gasteiger partial charge in [0.05, 0.1) is 23.0 Å². The summed E-state index contributed by atoms with van der Waals surface area (Å²) in [6.07, 6.45) is 3.04. The Morgan fingerprint density at radius 1 is 1.14 bits per heavy atom. The highest BCUT2D eigenvalue weighted by Crippen LogP contribution is 2.19. The van der Waals surface area contributed by atoms with Gasteiger partial charge >= 0.3 is 0 Å². The van der Waals surface area contributed by atoms with E-state index in [0.717, 1.165) is 5.69 Å². The van der Waals surface area contributed by atoms with Crippen LogP contribution in [0.4, 0.5) is 4.39 Å². The topological polar surface area (TPSA) is 34.9 Å². The Hall–Kier alpha value is -2.27. The van der Waals surface area contributed by atoms with E-state index in [4.69, 9.17) is 0 Å². The molecule has 21 heavy (non-hydrogen) atoms. The molecule has 0 unspecified atom stereocenters. The van der Waals surface area contributed by atoms with Gasteiger partial charge in [-0.2, -0.15) is 5.10 Å². The second kappa shape index (κ2) is 5.61. The minimum Gasteiger partial charge on any atom is -0.288 e. The van der Waals surface area contributed by atoms with E-state index in [1.807, 2.05) is 30.3 Å². The van der Waals surface area contributed by atoms with Crippen molar-refractivity contribution in [2.45, 2.75) is 0 Å². The second-order valence-electron chi connectivity index (χ2n) is 4.46. The van der Waals surface area contributed by atoms with E-state index in [2.05, 4.69) is 21.0 Å². The van der Waals surface area contributed by atoms with Crippen LogP contribution in [-0.2, 0) is 0 Å². The summed E-state index contributed by atoms with van der Waals surface area (Å²) in [5.41, 5.74) is 1.21. The van der Waals surface area contributed by atoms with Gasteiger partial charge in [0.15, 0.2) is 5.78 Å². The Morgan fingerprint density at radius 2 is 1.90 bits per heavy atom. The van der Waals surface area contributed by atoms with Crippen LogP contribution < -0.4 is 0 Å². The van der Waals surface area contributed by atoms with Crippen molar-refractivity contribution in [3.63, 3.8) is 0 Å². The van der Waals surface area contributed by atoms with E-state index < -0.39 is 11.6 Å². The van der Waals surface area contributed by atoms with Gasteiger partial charge < -0.3 is 0 Å². The average molecular weight is 345 g/mol. The number of nitrogens with zero attached hydrogens (tertiary/aromatic N) is 2. The molecule has 0 saturated heterocycles. The third-order valence-corrected chi connectivity index (χ3v) is 3.53. The van der Waals surface area contributed by atoms with Gasteiger partial charge in [-0.3, -0.25) is 4.79 Å². The van der Waals surface area contributed by atoms with Gasteiger partial charge in [-0.1, -0.05) is 34.1 Å². The SMILES string of the molecule is O=C(c1cnn(-c2ccccc2)c1)c1cc(Br)ccc1F. The number of para-hydroxylation sites is 1. The van der Waals surface area contributed by atoms with Crippen LogP contribution in [0.15, 0.2) is 65.4 Å². The maximum absolute atomic E-state index is 13.8. The van der Waals surface area contributed by atoms with Crippen molar-refractivity contribution in [1.29, 1.82) is 0 Å². The van der Waals surface area contributed by atoms with Crippen LogP contribution in [0.1, 0.15) is 15.9 Å². The molecule has 0 atom stereocenters. The summed E-state index contributed by atoms with van der Waals surface area (Å²) in [6, 6.07) is 13.7. The predicted octanol–water partition coefficient (Wildman–Crippen LogP) is 4.00. The van der Waals surface area contributed by atoms with Crippen molar-refractivity contribution in [3.05, 3.63) is 82.3 Å². The third kappa shape index (κ3) is 2.78. The Balaban J connectivity index is 1.96. The number of hydrogen-bond acceptors (Lipinski definition) is 2. The van der Waals surface area contributed by atoms with Gasteiger partial charge in [0, 0.05) is 10.7 Å². The Kier molecular flexibility index (Phi) is 3.66. The summed E-state index contributed by atoms with van der Waals surface area (Å²) in [4.78, 5) is 12.3. The summed E-state index contributed by atoms with van der Waals surface area (Å²) >= 11 is 3.24. The maximum Gasteiger partial charge on any atom is 0.199 e. The molecule has 3 nitrogen and oxygen atoms in total. The first-order valence-electron chi connectivity index (χ1n) is 6.25. The van der Waals surface area contributed by atoms with E-state index in [9.17, 15) is 9.18 Å². The number of rotatable bonds is 3. The molecule has 104 valence electrons. The molecule has 0 N–H and O–H groups in total. The third-order valence-electron chi connectivity index (χ3n) is 3.04. The van der Waals surface area contributed by atoms with Crippen LogP contribution >= 0.6 is 15.9 Å². The lowest BCUT2D eigenvalue weighted by molar-refractivity contribution is 0.103. The molecule has 1 aromatic heterocycles. The lowest BCUT2D eigenvalue weighted by Crippen LogP contribution is -2.03. The van der Waals surface area contributed by atoms with Crippen molar-refractivity contribution in [1.82, 2.24) is 9.78 Å². The number of benzene rings is 2. The van der Waals surface area contributed by atoms with Gasteiger partial charge in [0.2, 0.25) is 0 Å². The highest BCUT2D eigenvalue weighted by atomic mass is 79.9. The summed E-state index contributed by atoms with van der Waals surface area (Å²) in [5, 5.41) is 4.15. The van der Waals surface area contributed by atoms with Crippen LogP contribution in [-0.4, -0.2) is 15.6 Å². The lowest BCUT2D eigenvalue weighted by atomic mass is 10.1. The average Bonchev–Trinajstić information content (AvgIpc) is 3.00. The molecule has 2 aromatic carbocycles. The highest BCUT2D eigenvalue weighted by molar-refractivity contribution is 9.10. The minimum atomic E-state index is -0.546. The van der Waals surface area contributed by atoms with Crippen molar-refractivity contribution in [3.8, 4) is 5.69 Å². The minimum absolute atomic E-state index is 0.0250. The number of hydrogen-bond donors (Lipinski definition) is 0. The molecule has 0 aliphatic heterocycles. The standard InChI is InChI=1S/C16H10BrFN2O/c17-12-6-7-15(18)14(8-12)16(21)11-9-19-20(10-11)13-4-2-1-3-5-13/h1-10H. The molecule has 0 aliphatic carbocycles. The number of ketones is 1.